The van der Waals surface area contributed by atoms with Crippen LogP contribution >= 0.6 is 0 Å². The van der Waals surface area contributed by atoms with E-state index in [0.717, 1.165) is 56.8 Å². The third kappa shape index (κ3) is 9.94. The molecule has 0 spiro atoms. The molecular weight excluding hydrogens is 630 g/mol. The lowest BCUT2D eigenvalue weighted by Crippen LogP contribution is -2.65. The van der Waals surface area contributed by atoms with E-state index in [1.165, 1.54) is 20.3 Å². The summed E-state index contributed by atoms with van der Waals surface area (Å²) >= 11 is 0. The van der Waals surface area contributed by atoms with Gasteiger partial charge in [0.25, 0.3) is 0 Å². The Kier molecular flexibility index (Phi) is 12.6. The van der Waals surface area contributed by atoms with Gasteiger partial charge < -0.3 is 26.0 Å². The summed E-state index contributed by atoms with van der Waals surface area (Å²) in [5, 5.41) is 20.8. The standard InChI is InChI=1S/C36H59N5O6S/c1-35(2,3)39-32(43)29-22-26-17-11-12-18-27(26)23-41(29)24-30(42)28(21-25-15-9-7-10-16-25)37-33(44)31(36(4,5)48(6,46)47)38-34(45)40-19-13-8-14-20-40/h7,9-10,15-16,26-31,42H,8,11-14,17-24H2,1-6H3,(H,37,44)(H,38,45)(H,39,43)/t26-,27+,28-,29-,30+,31+/m0/s1. The van der Waals surface area contributed by atoms with E-state index in [9.17, 15) is 27.9 Å². The number of hydrogen-bond acceptors (Lipinski definition) is 7. The highest BCUT2D eigenvalue weighted by atomic mass is 32.2. The van der Waals surface area contributed by atoms with Gasteiger partial charge in [-0.15, -0.1) is 0 Å². The summed E-state index contributed by atoms with van der Waals surface area (Å²) in [6.45, 7) is 10.7. The van der Waals surface area contributed by atoms with Gasteiger partial charge in [-0.25, -0.2) is 13.2 Å². The Balaban J connectivity index is 1.60. The maximum absolute atomic E-state index is 14.2. The van der Waals surface area contributed by atoms with E-state index in [0.29, 0.717) is 31.5 Å². The van der Waals surface area contributed by atoms with Crippen LogP contribution in [0.4, 0.5) is 4.79 Å². The number of nitrogens with one attached hydrogen (secondary N) is 3. The molecule has 0 unspecified atom stereocenters. The van der Waals surface area contributed by atoms with Crippen LogP contribution in [0, 0.1) is 11.8 Å². The molecule has 3 aliphatic rings. The second-order valence-corrected chi connectivity index (χ2v) is 18.5. The predicted molar refractivity (Wildman–Crippen MR) is 188 cm³/mol. The predicted octanol–water partition coefficient (Wildman–Crippen LogP) is 3.26. The fraction of sp³-hybridized carbons (Fsp3) is 0.750. The van der Waals surface area contributed by atoms with Crippen molar-refractivity contribution in [2.24, 2.45) is 11.8 Å². The van der Waals surface area contributed by atoms with Crippen molar-refractivity contribution in [3.05, 3.63) is 35.9 Å². The molecule has 2 heterocycles. The fourth-order valence-corrected chi connectivity index (χ4v) is 8.09. The van der Waals surface area contributed by atoms with Gasteiger partial charge in [-0.1, -0.05) is 49.6 Å². The SMILES string of the molecule is CC(C)(C)NC(=O)[C@@H]1C[C@@H]2CCCC[C@@H]2CN1C[C@@H](O)[C@H](Cc1ccccc1)NC(=O)[C@@H](NC(=O)N1CCCCC1)C(C)(C)S(C)(=O)=O. The molecule has 270 valence electrons. The number of sulfone groups is 1. The van der Waals surface area contributed by atoms with Gasteiger partial charge in [-0.2, -0.15) is 0 Å². The molecule has 12 heteroatoms. The smallest absolute Gasteiger partial charge is 0.318 e. The van der Waals surface area contributed by atoms with Gasteiger partial charge in [0.15, 0.2) is 9.84 Å². The summed E-state index contributed by atoms with van der Waals surface area (Å²) in [7, 11) is -3.81. The summed E-state index contributed by atoms with van der Waals surface area (Å²) in [4.78, 5) is 44.8. The zero-order valence-corrected chi connectivity index (χ0v) is 30.7. The van der Waals surface area contributed by atoms with E-state index < -0.39 is 56.3 Å². The van der Waals surface area contributed by atoms with Crippen LogP contribution in [0.2, 0.25) is 0 Å². The van der Waals surface area contributed by atoms with Crippen molar-refractivity contribution in [1.29, 1.82) is 0 Å². The number of fused-ring (bicyclic) bond motifs is 1. The van der Waals surface area contributed by atoms with Crippen molar-refractivity contribution >= 4 is 27.7 Å². The molecule has 4 amide bonds. The number of urea groups is 1. The quantitative estimate of drug-likeness (QED) is 0.279. The number of benzene rings is 1. The van der Waals surface area contributed by atoms with Crippen LogP contribution in [0.25, 0.3) is 0 Å². The summed E-state index contributed by atoms with van der Waals surface area (Å²) < 4.78 is 24.4. The first kappa shape index (κ1) is 38.1. The molecule has 2 aliphatic heterocycles. The Bertz CT molecular complexity index is 1360. The summed E-state index contributed by atoms with van der Waals surface area (Å²) in [5.41, 5.74) is 0.473. The van der Waals surface area contributed by atoms with E-state index in [-0.39, 0.29) is 18.9 Å². The maximum atomic E-state index is 14.2. The molecule has 6 atom stereocenters. The molecule has 3 fully saturated rings. The van der Waals surface area contributed by atoms with Crippen molar-refractivity contribution in [3.8, 4) is 0 Å². The lowest BCUT2D eigenvalue weighted by molar-refractivity contribution is -0.133. The molecule has 4 rings (SSSR count). The molecule has 4 N–H and O–H groups in total. The summed E-state index contributed by atoms with van der Waals surface area (Å²) in [6, 6.07) is 6.37. The second kappa shape index (κ2) is 15.9. The van der Waals surface area contributed by atoms with E-state index >= 15 is 0 Å². The Morgan fingerprint density at radius 3 is 2.15 bits per heavy atom. The molecule has 1 aromatic rings. The molecule has 0 aromatic heterocycles. The van der Waals surface area contributed by atoms with E-state index in [4.69, 9.17) is 0 Å². The number of aliphatic hydroxyl groups excluding tert-OH is 1. The Labute approximate surface area is 287 Å². The number of likely N-dealkylation sites (tertiary alicyclic amines) is 2. The summed E-state index contributed by atoms with van der Waals surface area (Å²) in [6.07, 6.45) is 8.20. The number of carbonyl (C=O) groups excluding carboxylic acids is 3. The molecule has 0 bridgehead atoms. The number of β-amino-alcohol motifs (C(OH)–C–C–N with tert-alkyl or cyclic N) is 1. The molecular formula is C36H59N5O6S. The van der Waals surface area contributed by atoms with E-state index in [2.05, 4.69) is 20.9 Å². The van der Waals surface area contributed by atoms with Crippen LogP contribution < -0.4 is 16.0 Å². The molecule has 48 heavy (non-hydrogen) atoms. The van der Waals surface area contributed by atoms with Crippen molar-refractivity contribution < 1.29 is 27.9 Å². The fourth-order valence-electron chi connectivity index (χ4n) is 7.49. The maximum Gasteiger partial charge on any atom is 0.318 e. The second-order valence-electron chi connectivity index (χ2n) is 15.9. The first-order valence-corrected chi connectivity index (χ1v) is 19.7. The van der Waals surface area contributed by atoms with Gasteiger partial charge in [0, 0.05) is 38.0 Å². The number of aliphatic hydroxyl groups is 1. The van der Waals surface area contributed by atoms with E-state index in [1.807, 2.05) is 51.1 Å². The number of nitrogens with zero attached hydrogens (tertiary/aromatic N) is 2. The van der Waals surface area contributed by atoms with Crippen LogP contribution in [-0.2, 0) is 25.8 Å². The Hall–Kier alpha value is -2.70. The third-order valence-electron chi connectivity index (χ3n) is 10.6. The molecule has 1 aliphatic carbocycles. The van der Waals surface area contributed by atoms with Gasteiger partial charge in [-0.3, -0.25) is 14.5 Å². The highest BCUT2D eigenvalue weighted by Crippen LogP contribution is 2.39. The van der Waals surface area contributed by atoms with Crippen molar-refractivity contribution in [2.45, 2.75) is 127 Å². The van der Waals surface area contributed by atoms with Gasteiger partial charge in [-0.05, 0) is 90.5 Å². The zero-order chi connectivity index (χ0) is 35.3. The summed E-state index contributed by atoms with van der Waals surface area (Å²) in [5.74, 6) is 0.170. The van der Waals surface area contributed by atoms with Crippen LogP contribution in [0.15, 0.2) is 30.3 Å². The Morgan fingerprint density at radius 2 is 1.54 bits per heavy atom. The third-order valence-corrected chi connectivity index (χ3v) is 12.8. The van der Waals surface area contributed by atoms with Crippen molar-refractivity contribution in [1.82, 2.24) is 25.8 Å². The minimum Gasteiger partial charge on any atom is -0.390 e. The van der Waals surface area contributed by atoms with Gasteiger partial charge in [0.1, 0.15) is 6.04 Å². The number of amides is 4. The van der Waals surface area contributed by atoms with E-state index in [1.54, 1.807) is 4.90 Å². The number of rotatable bonds is 11. The Morgan fingerprint density at radius 1 is 0.917 bits per heavy atom. The monoisotopic (exact) mass is 689 g/mol. The minimum atomic E-state index is -3.81. The van der Waals surface area contributed by atoms with Crippen molar-refractivity contribution in [2.75, 3.05) is 32.4 Å². The van der Waals surface area contributed by atoms with Crippen LogP contribution in [0.5, 0.6) is 0 Å². The van der Waals surface area contributed by atoms with Crippen LogP contribution in [-0.4, -0.2) is 108 Å². The number of piperidine rings is 2. The normalized spacial score (nSPS) is 24.5. The molecule has 11 nitrogen and oxygen atoms in total. The van der Waals surface area contributed by atoms with Gasteiger partial charge in [0.2, 0.25) is 11.8 Å². The highest BCUT2D eigenvalue weighted by Gasteiger charge is 2.46. The average molecular weight is 690 g/mol. The first-order valence-electron chi connectivity index (χ1n) is 17.8. The lowest BCUT2D eigenvalue weighted by Gasteiger charge is -2.47. The largest absolute Gasteiger partial charge is 0.390 e. The average Bonchev–Trinajstić information content (AvgIpc) is 3.02. The van der Waals surface area contributed by atoms with Crippen molar-refractivity contribution in [3.63, 3.8) is 0 Å². The van der Waals surface area contributed by atoms with Crippen LogP contribution in [0.3, 0.4) is 0 Å². The number of hydrogen-bond donors (Lipinski definition) is 4. The number of carbonyl (C=O) groups is 3. The highest BCUT2D eigenvalue weighted by molar-refractivity contribution is 7.92. The molecule has 2 saturated heterocycles. The molecule has 1 aromatic carbocycles. The zero-order valence-electron chi connectivity index (χ0n) is 29.8. The van der Waals surface area contributed by atoms with Gasteiger partial charge in [0.05, 0.1) is 22.9 Å². The molecule has 1 saturated carbocycles. The minimum absolute atomic E-state index is 0.0576. The lowest BCUT2D eigenvalue weighted by atomic mass is 9.72. The molecule has 0 radical (unpaired) electrons. The topological polar surface area (TPSA) is 148 Å². The van der Waals surface area contributed by atoms with Crippen LogP contribution in [0.1, 0.15) is 91.5 Å². The first-order chi connectivity index (χ1) is 22.5. The van der Waals surface area contributed by atoms with Gasteiger partial charge >= 0.3 is 6.03 Å².